The van der Waals surface area contributed by atoms with Gasteiger partial charge >= 0.3 is 0 Å². The summed E-state index contributed by atoms with van der Waals surface area (Å²) in [5.41, 5.74) is 5.16. The van der Waals surface area contributed by atoms with Crippen molar-refractivity contribution in [1.29, 1.82) is 0 Å². The number of hydrogen-bond acceptors (Lipinski definition) is 0. The molecule has 0 fully saturated rings. The van der Waals surface area contributed by atoms with Gasteiger partial charge in [-0.05, 0) is 12.5 Å². The highest BCUT2D eigenvalue weighted by Crippen LogP contribution is 1.82. The second-order valence-corrected chi connectivity index (χ2v) is 5.46. The molecule has 5 heavy (non-hydrogen) atoms. The van der Waals surface area contributed by atoms with E-state index in [9.17, 15) is 0 Å². The zero-order valence-corrected chi connectivity index (χ0v) is 5.14. The molecule has 2 N–H and O–H groups in total. The monoisotopic (exact) mass is 109 g/mol. The molecular formula is C2H8NPS. The fraction of sp³-hybridized carbons (Fsp3) is 1.00. The molecule has 0 aromatic heterocycles. The molecule has 0 saturated heterocycles. The molecule has 0 atom stereocenters. The average molecular weight is 109 g/mol. The zero-order chi connectivity index (χ0) is 4.28. The minimum Gasteiger partial charge on any atom is -0.280 e. The molecule has 1 nitrogen and oxygen atoms in total. The topological polar surface area (TPSA) is 26.0 Å². The Hall–Kier alpha value is 0.610. The zero-order valence-electron chi connectivity index (χ0n) is 3.43. The number of rotatable bonds is 0. The van der Waals surface area contributed by atoms with Gasteiger partial charge in [-0.1, -0.05) is 0 Å². The third kappa shape index (κ3) is 4.61. The van der Waals surface area contributed by atoms with Crippen LogP contribution in [-0.2, 0) is 10.1 Å². The van der Waals surface area contributed by atoms with Gasteiger partial charge in [-0.2, -0.15) is 10.1 Å². The smallest absolute Gasteiger partial charge is 0.00722 e. The summed E-state index contributed by atoms with van der Waals surface area (Å²) in [5, 5.41) is 0. The minimum atomic E-state index is 0.427. The van der Waals surface area contributed by atoms with Gasteiger partial charge in [0, 0.05) is 7.51 Å². The van der Waals surface area contributed by atoms with E-state index in [1.165, 1.54) is 0 Å². The van der Waals surface area contributed by atoms with Crippen LogP contribution in [0.1, 0.15) is 0 Å². The van der Waals surface area contributed by atoms with E-state index in [2.05, 4.69) is 12.5 Å². The van der Waals surface area contributed by atoms with Gasteiger partial charge < -0.3 is 0 Å². The van der Waals surface area contributed by atoms with Crippen LogP contribution in [0.25, 0.3) is 0 Å². The Balaban J connectivity index is 3.14. The summed E-state index contributed by atoms with van der Waals surface area (Å²) in [4.78, 5) is 0. The van der Waals surface area contributed by atoms with Gasteiger partial charge in [-0.15, -0.1) is 0 Å². The van der Waals surface area contributed by atoms with E-state index in [0.717, 1.165) is 7.51 Å². The summed E-state index contributed by atoms with van der Waals surface area (Å²) in [6.45, 7) is 0. The average Bonchev–Trinajstić information content (AvgIpc) is 1.38. The van der Waals surface area contributed by atoms with E-state index in [1.54, 1.807) is 0 Å². The summed E-state index contributed by atoms with van der Waals surface area (Å²) in [6, 6.07) is 0. The third-order valence-electron chi connectivity index (χ3n) is 0.211. The van der Waals surface area contributed by atoms with E-state index in [-0.39, 0.29) is 0 Å². The largest absolute Gasteiger partial charge is 0.280 e. The summed E-state index contributed by atoms with van der Waals surface area (Å²) >= 11 is 0. The van der Waals surface area contributed by atoms with Crippen molar-refractivity contribution < 1.29 is 0 Å². The van der Waals surface area contributed by atoms with Crippen LogP contribution in [0.15, 0.2) is 0 Å². The molecule has 0 heterocycles. The Morgan fingerprint density at radius 2 is 1.80 bits per heavy atom. The van der Waals surface area contributed by atoms with Crippen LogP contribution in [-0.4, -0.2) is 12.5 Å². The van der Waals surface area contributed by atoms with Crippen LogP contribution in [0.4, 0.5) is 0 Å². The first-order valence-electron chi connectivity index (χ1n) is 1.26. The Bertz CT molecular complexity index is 47.6. The first kappa shape index (κ1) is 5.61. The van der Waals surface area contributed by atoms with Crippen molar-refractivity contribution in [3.63, 3.8) is 0 Å². The molecule has 0 aliphatic heterocycles. The van der Waals surface area contributed by atoms with Crippen molar-refractivity contribution in [2.75, 3.05) is 12.5 Å². The lowest BCUT2D eigenvalue weighted by molar-refractivity contribution is 2.05. The maximum atomic E-state index is 5.16. The lowest BCUT2D eigenvalue weighted by atomic mass is 11.9. The highest BCUT2D eigenvalue weighted by molar-refractivity contribution is 8.19. The van der Waals surface area contributed by atoms with Crippen molar-refractivity contribution in [2.45, 2.75) is 0 Å². The van der Waals surface area contributed by atoms with Crippen LogP contribution < -0.4 is 5.50 Å². The molecule has 0 spiro atoms. The summed E-state index contributed by atoms with van der Waals surface area (Å²) < 4.78 is 0. The van der Waals surface area contributed by atoms with E-state index < -0.39 is 0 Å². The molecule has 0 aromatic rings. The van der Waals surface area contributed by atoms with Crippen molar-refractivity contribution in [2.24, 2.45) is 5.50 Å². The van der Waals surface area contributed by atoms with E-state index in [0.29, 0.717) is 10.1 Å². The van der Waals surface area contributed by atoms with Gasteiger partial charge in [0.15, 0.2) is 0 Å². The van der Waals surface area contributed by atoms with E-state index in [4.69, 9.17) is 5.50 Å². The molecule has 0 aromatic carbocycles. The van der Waals surface area contributed by atoms with Gasteiger partial charge in [-0.25, -0.2) is 0 Å². The molecule has 0 bridgehead atoms. The van der Waals surface area contributed by atoms with Crippen LogP contribution in [0, 0.1) is 0 Å². The second-order valence-electron chi connectivity index (χ2n) is 0.879. The highest BCUT2D eigenvalue weighted by Gasteiger charge is 1.58. The number of hydrogen-bond donors (Lipinski definition) is 1. The van der Waals surface area contributed by atoms with Crippen molar-refractivity contribution in [3.8, 4) is 0 Å². The summed E-state index contributed by atoms with van der Waals surface area (Å²) in [7, 11) is 1.45. The Morgan fingerprint density at radius 3 is 1.80 bits per heavy atom. The summed E-state index contributed by atoms with van der Waals surface area (Å²) in [5.74, 6) is 0. The fourth-order valence-corrected chi connectivity index (χ4v) is 0. The molecule has 0 amide bonds. The molecule has 0 radical (unpaired) electrons. The third-order valence-corrected chi connectivity index (χ3v) is 1.90. The maximum absolute atomic E-state index is 5.16. The predicted octanol–water partition coefficient (Wildman–Crippen LogP) is 0.599. The van der Waals surface area contributed by atoms with Crippen LogP contribution in [0.5, 0.6) is 0 Å². The lowest BCUT2D eigenvalue weighted by Crippen LogP contribution is -1.73. The lowest BCUT2D eigenvalue weighted by Gasteiger charge is -1.76. The first-order valence-corrected chi connectivity index (χ1v) is 4.87. The Kier molecular flexibility index (Phi) is 3.17. The quantitative estimate of drug-likeness (QED) is 0.453. The van der Waals surface area contributed by atoms with Crippen LogP contribution in [0.3, 0.4) is 0 Å². The SMILES string of the molecule is CS(C)=PN. The van der Waals surface area contributed by atoms with Crippen molar-refractivity contribution >= 4 is 17.6 Å². The second kappa shape index (κ2) is 2.83. The predicted molar refractivity (Wildman–Crippen MR) is 30.3 cm³/mol. The molecule has 0 aliphatic carbocycles. The van der Waals surface area contributed by atoms with E-state index >= 15 is 0 Å². The Morgan fingerprint density at radius 1 is 1.60 bits per heavy atom. The van der Waals surface area contributed by atoms with Gasteiger partial charge in [0.1, 0.15) is 0 Å². The first-order chi connectivity index (χ1) is 2.27. The standard InChI is InChI=1S/C2H8NPS/c1-5(2)4-3/h3H2,1-2H3. The summed E-state index contributed by atoms with van der Waals surface area (Å²) in [6.07, 6.45) is 4.23. The van der Waals surface area contributed by atoms with Gasteiger partial charge in [0.05, 0.1) is 0 Å². The van der Waals surface area contributed by atoms with E-state index in [1.807, 2.05) is 0 Å². The molecule has 0 rings (SSSR count). The van der Waals surface area contributed by atoms with Crippen LogP contribution in [0.2, 0.25) is 0 Å². The van der Waals surface area contributed by atoms with Crippen LogP contribution >= 0.6 is 7.51 Å². The molecule has 32 valence electrons. The molecule has 0 saturated carbocycles. The van der Waals surface area contributed by atoms with Gasteiger partial charge in [-0.3, -0.25) is 5.50 Å². The molecule has 3 heteroatoms. The fourth-order valence-electron chi connectivity index (χ4n) is 0. The van der Waals surface area contributed by atoms with Crippen molar-refractivity contribution in [1.82, 2.24) is 0 Å². The van der Waals surface area contributed by atoms with Crippen molar-refractivity contribution in [3.05, 3.63) is 0 Å². The molecule has 0 aliphatic rings. The van der Waals surface area contributed by atoms with Gasteiger partial charge in [0.25, 0.3) is 0 Å². The minimum absolute atomic E-state index is 0.427. The number of nitrogens with two attached hydrogens (primary N) is 1. The van der Waals surface area contributed by atoms with Gasteiger partial charge in [0.2, 0.25) is 0 Å². The Labute approximate surface area is 36.4 Å². The normalized spacial score (nSPS) is 10.4. The molecular weight excluding hydrogens is 101 g/mol. The highest BCUT2D eigenvalue weighted by atomic mass is 32.5. The maximum Gasteiger partial charge on any atom is 0.00722 e. The molecule has 0 unspecified atom stereocenters.